The van der Waals surface area contributed by atoms with Gasteiger partial charge in [-0.3, -0.25) is 4.79 Å². The van der Waals surface area contributed by atoms with Crippen LogP contribution < -0.4 is 20.1 Å². The van der Waals surface area contributed by atoms with Gasteiger partial charge >= 0.3 is 24.1 Å². The Labute approximate surface area is 215 Å². The SMILES string of the molecule is CC(O)(NC(=O)c1nc2c(s1)CNCC2)c1ccc(OCC(=O)O)c(OCC(=O)O)c1.O=C(O)C(F)(F)F. The molecule has 1 unspecified atom stereocenters. The van der Waals surface area contributed by atoms with Crippen molar-refractivity contribution < 1.29 is 62.2 Å². The maximum Gasteiger partial charge on any atom is 0.490 e. The molecule has 0 aliphatic carbocycles. The fourth-order valence-corrected chi connectivity index (χ4v) is 3.86. The van der Waals surface area contributed by atoms with Crippen LogP contribution in [0.15, 0.2) is 18.2 Å². The molecule has 1 atom stereocenters. The smallest absolute Gasteiger partial charge is 0.479 e. The van der Waals surface area contributed by atoms with Gasteiger partial charge in [0.25, 0.3) is 5.91 Å². The molecule has 1 aliphatic heterocycles. The van der Waals surface area contributed by atoms with E-state index in [1.54, 1.807) is 0 Å². The van der Waals surface area contributed by atoms with Crippen molar-refractivity contribution in [2.45, 2.75) is 31.8 Å². The molecule has 38 heavy (non-hydrogen) atoms. The van der Waals surface area contributed by atoms with Crippen LogP contribution in [0.3, 0.4) is 0 Å². The van der Waals surface area contributed by atoms with Crippen molar-refractivity contribution in [1.29, 1.82) is 0 Å². The first-order valence-electron chi connectivity index (χ1n) is 10.5. The third-order valence-electron chi connectivity index (χ3n) is 4.60. The predicted octanol–water partition coefficient (Wildman–Crippen LogP) is 0.944. The van der Waals surface area contributed by atoms with Crippen LogP contribution in [0.2, 0.25) is 0 Å². The van der Waals surface area contributed by atoms with Gasteiger partial charge in [-0.15, -0.1) is 11.3 Å². The van der Waals surface area contributed by atoms with E-state index < -0.39 is 48.9 Å². The summed E-state index contributed by atoms with van der Waals surface area (Å²) in [7, 11) is 0. The van der Waals surface area contributed by atoms with Gasteiger partial charge in [0, 0.05) is 30.0 Å². The highest BCUT2D eigenvalue weighted by atomic mass is 32.1. The number of amides is 1. The van der Waals surface area contributed by atoms with Crippen LogP contribution in [-0.4, -0.2) is 75.2 Å². The second-order valence-corrected chi connectivity index (χ2v) is 8.75. The molecule has 0 spiro atoms. The van der Waals surface area contributed by atoms with Gasteiger partial charge in [-0.25, -0.2) is 19.4 Å². The van der Waals surface area contributed by atoms with Crippen molar-refractivity contribution >= 4 is 35.2 Å². The van der Waals surface area contributed by atoms with E-state index in [4.69, 9.17) is 29.6 Å². The number of carbonyl (C=O) groups is 4. The zero-order chi connectivity index (χ0) is 28.7. The van der Waals surface area contributed by atoms with Crippen LogP contribution in [0.5, 0.6) is 11.5 Å². The van der Waals surface area contributed by atoms with E-state index in [0.717, 1.165) is 23.5 Å². The number of hydrogen-bond acceptors (Lipinski definition) is 10. The van der Waals surface area contributed by atoms with E-state index in [1.165, 1.54) is 36.5 Å². The third-order valence-corrected chi connectivity index (χ3v) is 5.70. The number of halogens is 3. The maximum atomic E-state index is 12.7. The fourth-order valence-electron chi connectivity index (χ4n) is 2.89. The number of nitrogens with one attached hydrogen (secondary N) is 2. The van der Waals surface area contributed by atoms with Crippen LogP contribution in [0.25, 0.3) is 0 Å². The average molecular weight is 565 g/mol. The number of aliphatic hydroxyl groups is 1. The Bertz CT molecular complexity index is 1180. The number of carbonyl (C=O) groups excluding carboxylic acids is 1. The number of thiazole rings is 1. The summed E-state index contributed by atoms with van der Waals surface area (Å²) >= 11 is 1.24. The molecule has 2 heterocycles. The van der Waals surface area contributed by atoms with E-state index >= 15 is 0 Å². The minimum atomic E-state index is -5.08. The number of hydrogen-bond donors (Lipinski definition) is 6. The number of benzene rings is 1. The highest BCUT2D eigenvalue weighted by Crippen LogP contribution is 2.32. The van der Waals surface area contributed by atoms with Crippen molar-refractivity contribution in [1.82, 2.24) is 15.6 Å². The lowest BCUT2D eigenvalue weighted by Gasteiger charge is -2.25. The highest BCUT2D eigenvalue weighted by Gasteiger charge is 2.38. The molecule has 0 saturated heterocycles. The van der Waals surface area contributed by atoms with E-state index in [-0.39, 0.29) is 22.1 Å². The van der Waals surface area contributed by atoms with E-state index in [2.05, 4.69) is 15.6 Å². The molecule has 3 rings (SSSR count). The third kappa shape index (κ3) is 8.86. The summed E-state index contributed by atoms with van der Waals surface area (Å²) in [5.41, 5.74) is -0.821. The average Bonchev–Trinajstić information content (AvgIpc) is 3.25. The zero-order valence-electron chi connectivity index (χ0n) is 19.5. The molecule has 0 saturated carbocycles. The van der Waals surface area contributed by atoms with Crippen molar-refractivity contribution in [3.63, 3.8) is 0 Å². The summed E-state index contributed by atoms with van der Waals surface area (Å²) in [6, 6.07) is 4.00. The Morgan fingerprint density at radius 1 is 1.08 bits per heavy atom. The fraction of sp³-hybridized carbons (Fsp3) is 0.381. The number of fused-ring (bicyclic) bond motifs is 1. The number of nitrogens with zero attached hydrogens (tertiary/aromatic N) is 1. The molecule has 2 aromatic rings. The molecule has 0 bridgehead atoms. The van der Waals surface area contributed by atoms with Crippen molar-refractivity contribution in [3.05, 3.63) is 39.3 Å². The summed E-state index contributed by atoms with van der Waals surface area (Å²) in [5, 5.41) is 41.5. The topological polar surface area (TPSA) is 205 Å². The summed E-state index contributed by atoms with van der Waals surface area (Å²) < 4.78 is 42.0. The standard InChI is InChI=1S/C19H21N3O8S.C2HF3O2/c1-19(28,22-17(27)18-21-11-4-5-20-7-14(11)31-18)10-2-3-12(29-8-15(23)24)13(6-10)30-9-16(25)26;3-2(4,5)1(6)7/h2-3,6,20,28H,4-5,7-9H2,1H3,(H,22,27)(H,23,24)(H,25,26);(H,6,7). The largest absolute Gasteiger partial charge is 0.490 e. The van der Waals surface area contributed by atoms with Crippen LogP contribution in [-0.2, 0) is 33.1 Å². The summed E-state index contributed by atoms with van der Waals surface area (Å²) in [4.78, 5) is 48.5. The second kappa shape index (κ2) is 12.5. The molecule has 1 amide bonds. The maximum absolute atomic E-state index is 12.7. The van der Waals surface area contributed by atoms with E-state index in [1.807, 2.05) is 0 Å². The van der Waals surface area contributed by atoms with Gasteiger partial charge in [0.15, 0.2) is 35.4 Å². The Hall–Kier alpha value is -3.96. The van der Waals surface area contributed by atoms with Crippen LogP contribution in [0, 0.1) is 0 Å². The molecule has 6 N–H and O–H groups in total. The molecule has 0 radical (unpaired) electrons. The van der Waals surface area contributed by atoms with Gasteiger partial charge < -0.3 is 40.5 Å². The first-order valence-corrected chi connectivity index (χ1v) is 11.3. The molecule has 1 aromatic carbocycles. The van der Waals surface area contributed by atoms with E-state index in [0.29, 0.717) is 6.54 Å². The number of aromatic nitrogens is 1. The van der Waals surface area contributed by atoms with Crippen molar-refractivity contribution in [3.8, 4) is 11.5 Å². The molecule has 0 fully saturated rings. The van der Waals surface area contributed by atoms with E-state index in [9.17, 15) is 32.7 Å². The van der Waals surface area contributed by atoms with Gasteiger partial charge in [-0.2, -0.15) is 13.2 Å². The lowest BCUT2D eigenvalue weighted by atomic mass is 10.0. The molecule has 1 aromatic heterocycles. The minimum absolute atomic E-state index is 0.0189. The summed E-state index contributed by atoms with van der Waals surface area (Å²) in [6.45, 7) is 1.39. The zero-order valence-corrected chi connectivity index (χ0v) is 20.3. The van der Waals surface area contributed by atoms with Gasteiger partial charge in [-0.05, 0) is 19.1 Å². The first kappa shape index (κ1) is 30.3. The van der Waals surface area contributed by atoms with Crippen molar-refractivity contribution in [2.75, 3.05) is 19.8 Å². The monoisotopic (exact) mass is 565 g/mol. The van der Waals surface area contributed by atoms with Gasteiger partial charge in [-0.1, -0.05) is 6.07 Å². The van der Waals surface area contributed by atoms with Gasteiger partial charge in [0.2, 0.25) is 0 Å². The Kier molecular flexibility index (Phi) is 9.97. The van der Waals surface area contributed by atoms with Crippen LogP contribution in [0.1, 0.15) is 32.9 Å². The first-order chi connectivity index (χ1) is 17.6. The molecule has 208 valence electrons. The van der Waals surface area contributed by atoms with Gasteiger partial charge in [0.1, 0.15) is 0 Å². The Balaban J connectivity index is 0.000000638. The van der Waals surface area contributed by atoms with Crippen LogP contribution in [0.4, 0.5) is 13.2 Å². The normalized spacial score (nSPS) is 14.1. The number of alkyl halides is 3. The quantitative estimate of drug-likeness (QED) is 0.235. The van der Waals surface area contributed by atoms with Crippen molar-refractivity contribution in [2.24, 2.45) is 0 Å². The number of rotatable bonds is 9. The lowest BCUT2D eigenvalue weighted by Crippen LogP contribution is -2.43. The lowest BCUT2D eigenvalue weighted by molar-refractivity contribution is -0.192. The number of carboxylic acid groups (broad SMARTS) is 3. The Morgan fingerprint density at radius 2 is 1.66 bits per heavy atom. The van der Waals surface area contributed by atoms with Gasteiger partial charge in [0.05, 0.1) is 5.69 Å². The predicted molar refractivity (Wildman–Crippen MR) is 121 cm³/mol. The number of ether oxygens (including phenoxy) is 2. The molecular weight excluding hydrogens is 543 g/mol. The molecule has 13 nitrogen and oxygen atoms in total. The summed E-state index contributed by atoms with van der Waals surface area (Å²) in [5.74, 6) is -5.91. The number of carboxylic acids is 3. The number of aliphatic carboxylic acids is 3. The molecule has 17 heteroatoms. The van der Waals surface area contributed by atoms with Crippen LogP contribution >= 0.6 is 11.3 Å². The Morgan fingerprint density at radius 3 is 2.18 bits per heavy atom. The highest BCUT2D eigenvalue weighted by molar-refractivity contribution is 7.13. The minimum Gasteiger partial charge on any atom is -0.479 e. The second-order valence-electron chi connectivity index (χ2n) is 7.67. The molecular formula is C21H22F3N3O10S. The summed E-state index contributed by atoms with van der Waals surface area (Å²) in [6.07, 6.45) is -4.36. The molecule has 1 aliphatic rings.